The van der Waals surface area contributed by atoms with Crippen molar-refractivity contribution in [2.75, 3.05) is 6.61 Å². The van der Waals surface area contributed by atoms with Crippen molar-refractivity contribution in [3.05, 3.63) is 37.5 Å². The minimum atomic E-state index is -0.335. The SMILES string of the molecule is CCOC(=O)c1sc(Br)nc1-c1ccc(Br)cc1. The van der Waals surface area contributed by atoms with Gasteiger partial charge in [0.25, 0.3) is 0 Å². The van der Waals surface area contributed by atoms with E-state index in [1.807, 2.05) is 24.3 Å². The maximum Gasteiger partial charge on any atom is 0.350 e. The average Bonchev–Trinajstić information content (AvgIpc) is 2.73. The number of hydrogen-bond acceptors (Lipinski definition) is 4. The molecular formula is C12H9Br2NO2S. The summed E-state index contributed by atoms with van der Waals surface area (Å²) >= 11 is 7.96. The van der Waals surface area contributed by atoms with E-state index in [2.05, 4.69) is 36.8 Å². The average molecular weight is 391 g/mol. The smallest absolute Gasteiger partial charge is 0.350 e. The second-order valence-corrected chi connectivity index (χ2v) is 6.56. The second-order valence-electron chi connectivity index (χ2n) is 3.37. The molecule has 94 valence electrons. The van der Waals surface area contributed by atoms with Gasteiger partial charge in [-0.1, -0.05) is 39.4 Å². The molecule has 0 unspecified atom stereocenters. The fourth-order valence-electron chi connectivity index (χ4n) is 1.43. The summed E-state index contributed by atoms with van der Waals surface area (Å²) in [7, 11) is 0. The Morgan fingerprint density at radius 1 is 1.33 bits per heavy atom. The summed E-state index contributed by atoms with van der Waals surface area (Å²) in [5, 5.41) is 0. The van der Waals surface area contributed by atoms with Crippen LogP contribution in [0.15, 0.2) is 32.7 Å². The van der Waals surface area contributed by atoms with Gasteiger partial charge in [0.05, 0.1) is 12.3 Å². The third-order valence-corrected chi connectivity index (χ3v) is 4.20. The van der Waals surface area contributed by atoms with Crippen molar-refractivity contribution in [2.45, 2.75) is 6.92 Å². The standard InChI is InChI=1S/C12H9Br2NO2S/c1-2-17-11(16)10-9(15-12(14)18-10)7-3-5-8(13)6-4-7/h3-6H,2H2,1H3. The molecular weight excluding hydrogens is 382 g/mol. The molecule has 0 atom stereocenters. The molecule has 0 bridgehead atoms. The van der Waals surface area contributed by atoms with Crippen molar-refractivity contribution in [2.24, 2.45) is 0 Å². The van der Waals surface area contributed by atoms with Gasteiger partial charge in [0, 0.05) is 10.0 Å². The number of benzene rings is 1. The Kier molecular flexibility index (Phi) is 4.53. The first-order chi connectivity index (χ1) is 8.61. The lowest BCUT2D eigenvalue weighted by Gasteiger charge is -2.02. The molecule has 0 aliphatic carbocycles. The predicted octanol–water partition coefficient (Wildman–Crippen LogP) is 4.51. The van der Waals surface area contributed by atoms with Crippen molar-refractivity contribution in [1.82, 2.24) is 4.98 Å². The Morgan fingerprint density at radius 3 is 2.61 bits per heavy atom. The van der Waals surface area contributed by atoms with Gasteiger partial charge in [0.15, 0.2) is 3.92 Å². The van der Waals surface area contributed by atoms with Crippen LogP contribution in [0, 0.1) is 0 Å². The zero-order valence-corrected chi connectivity index (χ0v) is 13.4. The maximum atomic E-state index is 11.8. The third-order valence-electron chi connectivity index (χ3n) is 2.18. The monoisotopic (exact) mass is 389 g/mol. The van der Waals surface area contributed by atoms with Gasteiger partial charge in [-0.2, -0.15) is 0 Å². The van der Waals surface area contributed by atoms with E-state index in [1.54, 1.807) is 6.92 Å². The molecule has 0 aliphatic heterocycles. The molecule has 0 saturated heterocycles. The van der Waals surface area contributed by atoms with Crippen LogP contribution in [0.25, 0.3) is 11.3 Å². The molecule has 0 N–H and O–H groups in total. The molecule has 18 heavy (non-hydrogen) atoms. The van der Waals surface area contributed by atoms with Crippen LogP contribution >= 0.6 is 43.2 Å². The molecule has 0 fully saturated rings. The van der Waals surface area contributed by atoms with Crippen LogP contribution in [0.4, 0.5) is 0 Å². The number of thiazole rings is 1. The van der Waals surface area contributed by atoms with E-state index in [4.69, 9.17) is 4.74 Å². The Bertz CT molecular complexity index is 566. The van der Waals surface area contributed by atoms with Crippen LogP contribution in [0.1, 0.15) is 16.6 Å². The Hall–Kier alpha value is -0.720. The number of carbonyl (C=O) groups is 1. The Balaban J connectivity index is 2.44. The highest BCUT2D eigenvalue weighted by atomic mass is 79.9. The van der Waals surface area contributed by atoms with E-state index in [-0.39, 0.29) is 5.97 Å². The van der Waals surface area contributed by atoms with E-state index >= 15 is 0 Å². The fraction of sp³-hybridized carbons (Fsp3) is 0.167. The quantitative estimate of drug-likeness (QED) is 0.723. The number of halogens is 2. The minimum Gasteiger partial charge on any atom is -0.462 e. The fourth-order valence-corrected chi connectivity index (χ4v) is 3.07. The molecule has 6 heteroatoms. The van der Waals surface area contributed by atoms with Crippen LogP contribution in [-0.2, 0) is 4.74 Å². The van der Waals surface area contributed by atoms with Gasteiger partial charge in [-0.3, -0.25) is 0 Å². The van der Waals surface area contributed by atoms with E-state index in [0.717, 1.165) is 10.0 Å². The highest BCUT2D eigenvalue weighted by Gasteiger charge is 2.19. The normalized spacial score (nSPS) is 10.4. The number of ether oxygens (including phenoxy) is 1. The van der Waals surface area contributed by atoms with E-state index in [9.17, 15) is 4.79 Å². The molecule has 3 nitrogen and oxygen atoms in total. The molecule has 0 aliphatic rings. The van der Waals surface area contributed by atoms with Crippen molar-refractivity contribution < 1.29 is 9.53 Å². The van der Waals surface area contributed by atoms with Crippen LogP contribution < -0.4 is 0 Å². The first-order valence-electron chi connectivity index (χ1n) is 5.21. The number of hydrogen-bond donors (Lipinski definition) is 0. The number of aromatic nitrogens is 1. The van der Waals surface area contributed by atoms with Crippen LogP contribution in [0.3, 0.4) is 0 Å². The van der Waals surface area contributed by atoms with Gasteiger partial charge in [0.2, 0.25) is 0 Å². The Morgan fingerprint density at radius 2 is 2.00 bits per heavy atom. The molecule has 2 aromatic rings. The lowest BCUT2D eigenvalue weighted by Crippen LogP contribution is -2.03. The van der Waals surface area contributed by atoms with E-state index in [0.29, 0.717) is 21.1 Å². The first kappa shape index (κ1) is 13.7. The molecule has 0 spiro atoms. The molecule has 1 heterocycles. The number of esters is 1. The highest BCUT2D eigenvalue weighted by Crippen LogP contribution is 2.32. The molecule has 0 amide bonds. The first-order valence-corrected chi connectivity index (χ1v) is 7.61. The summed E-state index contributed by atoms with van der Waals surface area (Å²) in [5.41, 5.74) is 1.54. The van der Waals surface area contributed by atoms with Gasteiger partial charge < -0.3 is 4.74 Å². The van der Waals surface area contributed by atoms with Crippen molar-refractivity contribution in [3.8, 4) is 11.3 Å². The third kappa shape index (κ3) is 2.99. The summed E-state index contributed by atoms with van der Waals surface area (Å²) in [4.78, 5) is 16.7. The predicted molar refractivity (Wildman–Crippen MR) is 78.9 cm³/mol. The summed E-state index contributed by atoms with van der Waals surface area (Å²) in [6, 6.07) is 7.65. The zero-order valence-electron chi connectivity index (χ0n) is 9.44. The second kappa shape index (κ2) is 5.95. The van der Waals surface area contributed by atoms with Crippen molar-refractivity contribution in [1.29, 1.82) is 0 Å². The van der Waals surface area contributed by atoms with Gasteiger partial charge in [-0.25, -0.2) is 9.78 Å². The largest absolute Gasteiger partial charge is 0.462 e. The molecule has 0 saturated carbocycles. The highest BCUT2D eigenvalue weighted by molar-refractivity contribution is 9.11. The van der Waals surface area contributed by atoms with E-state index in [1.165, 1.54) is 11.3 Å². The van der Waals surface area contributed by atoms with Crippen LogP contribution in [0.5, 0.6) is 0 Å². The molecule has 1 aromatic heterocycles. The number of rotatable bonds is 3. The van der Waals surface area contributed by atoms with E-state index < -0.39 is 0 Å². The molecule has 0 radical (unpaired) electrons. The van der Waals surface area contributed by atoms with Gasteiger partial charge in [0.1, 0.15) is 4.88 Å². The number of carbonyl (C=O) groups excluding carboxylic acids is 1. The Labute approximate surface area is 125 Å². The maximum absolute atomic E-state index is 11.8. The van der Waals surface area contributed by atoms with Gasteiger partial charge >= 0.3 is 5.97 Å². The topological polar surface area (TPSA) is 39.2 Å². The summed E-state index contributed by atoms with van der Waals surface area (Å²) in [6.07, 6.45) is 0. The lowest BCUT2D eigenvalue weighted by atomic mass is 10.1. The van der Waals surface area contributed by atoms with Crippen molar-refractivity contribution >= 4 is 49.2 Å². The van der Waals surface area contributed by atoms with Crippen molar-refractivity contribution in [3.63, 3.8) is 0 Å². The van der Waals surface area contributed by atoms with Crippen LogP contribution in [0.2, 0.25) is 0 Å². The zero-order chi connectivity index (χ0) is 13.1. The summed E-state index contributed by atoms with van der Waals surface area (Å²) in [6.45, 7) is 2.14. The molecule has 1 aromatic carbocycles. The van der Waals surface area contributed by atoms with Gasteiger partial charge in [-0.05, 0) is 35.0 Å². The number of nitrogens with zero attached hydrogens (tertiary/aromatic N) is 1. The summed E-state index contributed by atoms with van der Waals surface area (Å²) in [5.74, 6) is -0.335. The van der Waals surface area contributed by atoms with Crippen LogP contribution in [-0.4, -0.2) is 17.6 Å². The minimum absolute atomic E-state index is 0.335. The van der Waals surface area contributed by atoms with Gasteiger partial charge in [-0.15, -0.1) is 0 Å². The lowest BCUT2D eigenvalue weighted by molar-refractivity contribution is 0.0532. The summed E-state index contributed by atoms with van der Waals surface area (Å²) < 4.78 is 6.68. The molecule has 2 rings (SSSR count).